The van der Waals surface area contributed by atoms with E-state index in [-0.39, 0.29) is 6.04 Å². The number of anilines is 1. The largest absolute Gasteiger partial charge is 0.342 e. The van der Waals surface area contributed by atoms with Crippen molar-refractivity contribution in [2.75, 3.05) is 25.0 Å². The number of hydrogen-bond donors (Lipinski definition) is 1. The van der Waals surface area contributed by atoms with Crippen LogP contribution in [0.2, 0.25) is 0 Å². The Bertz CT molecular complexity index is 526. The normalized spacial score (nSPS) is 12.3. The molecule has 0 spiro atoms. The minimum absolute atomic E-state index is 0.200. The topological polar surface area (TPSA) is 54.2 Å². The standard InChI is InChI=1S/C16H24N4O/c1-4-11-17-14(13-9-7-6-8-10-13)12-15-18-16(19-21-15)20(3)5-2/h6-10,14,17H,4-5,11-12H2,1-3H3. The summed E-state index contributed by atoms with van der Waals surface area (Å²) in [6.07, 6.45) is 1.80. The van der Waals surface area contributed by atoms with Crippen molar-refractivity contribution in [1.29, 1.82) is 0 Å². The van der Waals surface area contributed by atoms with E-state index in [0.29, 0.717) is 18.3 Å². The van der Waals surface area contributed by atoms with Crippen LogP contribution in [-0.2, 0) is 6.42 Å². The predicted octanol–water partition coefficient (Wildman–Crippen LogP) is 2.81. The van der Waals surface area contributed by atoms with E-state index >= 15 is 0 Å². The third-order valence-electron chi connectivity index (χ3n) is 3.49. The van der Waals surface area contributed by atoms with E-state index in [1.54, 1.807) is 0 Å². The van der Waals surface area contributed by atoms with Crippen molar-refractivity contribution in [3.63, 3.8) is 0 Å². The van der Waals surface area contributed by atoms with E-state index < -0.39 is 0 Å². The van der Waals surface area contributed by atoms with Gasteiger partial charge in [-0.2, -0.15) is 4.98 Å². The maximum atomic E-state index is 5.38. The van der Waals surface area contributed by atoms with Crippen molar-refractivity contribution in [3.05, 3.63) is 41.8 Å². The van der Waals surface area contributed by atoms with E-state index in [1.807, 2.05) is 18.0 Å². The number of aromatic nitrogens is 2. The fourth-order valence-corrected chi connectivity index (χ4v) is 2.11. The maximum Gasteiger partial charge on any atom is 0.265 e. The van der Waals surface area contributed by atoms with Gasteiger partial charge in [0.1, 0.15) is 0 Å². The minimum atomic E-state index is 0.200. The monoisotopic (exact) mass is 288 g/mol. The summed E-state index contributed by atoms with van der Waals surface area (Å²) in [6.45, 7) is 6.05. The maximum absolute atomic E-state index is 5.38. The Morgan fingerprint density at radius 1 is 1.24 bits per heavy atom. The molecule has 0 aliphatic rings. The van der Waals surface area contributed by atoms with Crippen LogP contribution in [-0.4, -0.2) is 30.3 Å². The Hall–Kier alpha value is -1.88. The first-order chi connectivity index (χ1) is 10.2. The predicted molar refractivity (Wildman–Crippen MR) is 84.4 cm³/mol. The summed E-state index contributed by atoms with van der Waals surface area (Å²) in [5.74, 6) is 1.32. The van der Waals surface area contributed by atoms with Crippen LogP contribution in [0, 0.1) is 0 Å². The molecule has 1 unspecified atom stereocenters. The molecule has 5 heteroatoms. The molecule has 0 amide bonds. The molecule has 0 aliphatic carbocycles. The number of nitrogens with one attached hydrogen (secondary N) is 1. The molecular formula is C16H24N4O. The lowest BCUT2D eigenvalue weighted by Crippen LogP contribution is -2.24. The van der Waals surface area contributed by atoms with Gasteiger partial charge in [0.15, 0.2) is 0 Å². The fourth-order valence-electron chi connectivity index (χ4n) is 2.11. The molecule has 5 nitrogen and oxygen atoms in total. The Morgan fingerprint density at radius 3 is 2.67 bits per heavy atom. The fraction of sp³-hybridized carbons (Fsp3) is 0.500. The van der Waals surface area contributed by atoms with Crippen LogP contribution >= 0.6 is 0 Å². The number of hydrogen-bond acceptors (Lipinski definition) is 5. The van der Waals surface area contributed by atoms with Crippen LogP contribution in [0.1, 0.15) is 37.8 Å². The van der Waals surface area contributed by atoms with Gasteiger partial charge in [-0.3, -0.25) is 0 Å². The van der Waals surface area contributed by atoms with Crippen molar-refractivity contribution in [2.45, 2.75) is 32.7 Å². The van der Waals surface area contributed by atoms with Crippen LogP contribution in [0.4, 0.5) is 5.95 Å². The summed E-state index contributed by atoms with van der Waals surface area (Å²) in [5.41, 5.74) is 1.24. The lowest BCUT2D eigenvalue weighted by atomic mass is 10.0. The van der Waals surface area contributed by atoms with E-state index in [2.05, 4.69) is 53.6 Å². The van der Waals surface area contributed by atoms with Crippen molar-refractivity contribution in [2.24, 2.45) is 0 Å². The molecule has 21 heavy (non-hydrogen) atoms. The van der Waals surface area contributed by atoms with E-state index in [1.165, 1.54) is 5.56 Å². The second-order valence-corrected chi connectivity index (χ2v) is 5.12. The zero-order chi connectivity index (χ0) is 15.1. The summed E-state index contributed by atoms with van der Waals surface area (Å²) in [5, 5.41) is 7.57. The molecule has 0 bridgehead atoms. The third kappa shape index (κ3) is 4.29. The quantitative estimate of drug-likeness (QED) is 0.809. The molecule has 1 aromatic carbocycles. The van der Waals surface area contributed by atoms with Crippen LogP contribution in [0.5, 0.6) is 0 Å². The Labute approximate surface area is 126 Å². The second kappa shape index (κ2) is 7.78. The number of benzene rings is 1. The number of rotatable bonds is 8. The SMILES string of the molecule is CCCNC(Cc1nc(N(C)CC)no1)c1ccccc1. The van der Waals surface area contributed by atoms with Gasteiger partial charge in [0.2, 0.25) is 5.89 Å². The molecule has 1 aromatic heterocycles. The highest BCUT2D eigenvalue weighted by Crippen LogP contribution is 2.18. The average molecular weight is 288 g/mol. The molecule has 1 heterocycles. The summed E-state index contributed by atoms with van der Waals surface area (Å²) >= 11 is 0. The summed E-state index contributed by atoms with van der Waals surface area (Å²) in [7, 11) is 1.96. The zero-order valence-corrected chi connectivity index (χ0v) is 13.0. The first-order valence-corrected chi connectivity index (χ1v) is 7.56. The molecule has 2 rings (SSSR count). The molecular weight excluding hydrogens is 264 g/mol. The Morgan fingerprint density at radius 2 is 2.00 bits per heavy atom. The average Bonchev–Trinajstić information content (AvgIpc) is 3.00. The van der Waals surface area contributed by atoms with E-state index in [0.717, 1.165) is 19.5 Å². The molecule has 114 valence electrons. The van der Waals surface area contributed by atoms with Gasteiger partial charge in [-0.05, 0) is 30.6 Å². The van der Waals surface area contributed by atoms with Crippen LogP contribution in [0.15, 0.2) is 34.9 Å². The second-order valence-electron chi connectivity index (χ2n) is 5.12. The number of nitrogens with zero attached hydrogens (tertiary/aromatic N) is 3. The smallest absolute Gasteiger partial charge is 0.265 e. The van der Waals surface area contributed by atoms with Gasteiger partial charge in [-0.15, -0.1) is 0 Å². The van der Waals surface area contributed by atoms with Crippen molar-refractivity contribution < 1.29 is 4.52 Å². The molecule has 1 N–H and O–H groups in total. The molecule has 0 aliphatic heterocycles. The Kier molecular flexibility index (Phi) is 5.75. The van der Waals surface area contributed by atoms with E-state index in [4.69, 9.17) is 4.52 Å². The van der Waals surface area contributed by atoms with Crippen molar-refractivity contribution in [1.82, 2.24) is 15.5 Å². The summed E-state index contributed by atoms with van der Waals surface area (Å²) < 4.78 is 5.38. The van der Waals surface area contributed by atoms with Gasteiger partial charge < -0.3 is 14.7 Å². The highest BCUT2D eigenvalue weighted by atomic mass is 16.5. The van der Waals surface area contributed by atoms with Gasteiger partial charge in [-0.1, -0.05) is 37.3 Å². The van der Waals surface area contributed by atoms with Gasteiger partial charge >= 0.3 is 0 Å². The highest BCUT2D eigenvalue weighted by Gasteiger charge is 2.16. The van der Waals surface area contributed by atoms with Gasteiger partial charge in [-0.25, -0.2) is 0 Å². The molecule has 0 saturated heterocycles. The third-order valence-corrected chi connectivity index (χ3v) is 3.49. The molecule has 0 saturated carbocycles. The minimum Gasteiger partial charge on any atom is -0.342 e. The lowest BCUT2D eigenvalue weighted by molar-refractivity contribution is 0.358. The van der Waals surface area contributed by atoms with Crippen LogP contribution in [0.3, 0.4) is 0 Å². The Balaban J connectivity index is 2.09. The van der Waals surface area contributed by atoms with Gasteiger partial charge in [0, 0.05) is 26.1 Å². The van der Waals surface area contributed by atoms with Gasteiger partial charge in [0.05, 0.1) is 0 Å². The van der Waals surface area contributed by atoms with Gasteiger partial charge in [0.25, 0.3) is 5.95 Å². The molecule has 1 atom stereocenters. The van der Waals surface area contributed by atoms with Crippen molar-refractivity contribution in [3.8, 4) is 0 Å². The highest BCUT2D eigenvalue weighted by molar-refractivity contribution is 5.26. The van der Waals surface area contributed by atoms with Crippen LogP contribution in [0.25, 0.3) is 0 Å². The lowest BCUT2D eigenvalue weighted by Gasteiger charge is -2.17. The van der Waals surface area contributed by atoms with E-state index in [9.17, 15) is 0 Å². The summed E-state index contributed by atoms with van der Waals surface area (Å²) in [4.78, 5) is 6.42. The van der Waals surface area contributed by atoms with Crippen LogP contribution < -0.4 is 10.2 Å². The first-order valence-electron chi connectivity index (χ1n) is 7.56. The molecule has 0 radical (unpaired) electrons. The first kappa shape index (κ1) is 15.5. The van der Waals surface area contributed by atoms with Crippen molar-refractivity contribution >= 4 is 5.95 Å². The zero-order valence-electron chi connectivity index (χ0n) is 13.0. The molecule has 0 fully saturated rings. The summed E-state index contributed by atoms with van der Waals surface area (Å²) in [6, 6.07) is 10.6. The molecule has 2 aromatic rings.